The van der Waals surface area contributed by atoms with Gasteiger partial charge in [-0.05, 0) is 84.0 Å². The van der Waals surface area contributed by atoms with E-state index in [0.29, 0.717) is 11.1 Å². The Morgan fingerprint density at radius 2 is 1.71 bits per heavy atom. The number of aromatic carboxylic acids is 1. The minimum atomic E-state index is -0.926. The second-order valence-electron chi connectivity index (χ2n) is 9.66. The van der Waals surface area contributed by atoms with Crippen LogP contribution in [0.25, 0.3) is 11.1 Å². The van der Waals surface area contributed by atoms with Crippen molar-refractivity contribution in [3.63, 3.8) is 0 Å². The molecule has 1 aliphatic rings. The van der Waals surface area contributed by atoms with Gasteiger partial charge in [0.25, 0.3) is 5.91 Å². The van der Waals surface area contributed by atoms with Crippen molar-refractivity contribution in [1.29, 1.82) is 0 Å². The second kappa shape index (κ2) is 11.2. The molecular weight excluding hydrogens is 540 g/mol. The standard InChI is InChI=1S/C32H29BrN2O3/c1-21(23-12-15-27(33)16-13-23)34-31(36)26-14-17-30-25(19-26)5-4-18-35(30)20-22-8-10-24(11-9-22)28-6-2-3-7-29(28)32(37)38/h2-3,6-17,19,21H,4-5,18,20H2,1H3,(H,34,36)(H,37,38)/t21-/m0/s1. The number of anilines is 1. The van der Waals surface area contributed by atoms with Gasteiger partial charge in [0.1, 0.15) is 0 Å². The molecule has 5 nitrogen and oxygen atoms in total. The zero-order valence-corrected chi connectivity index (χ0v) is 22.7. The fraction of sp³-hybridized carbons (Fsp3) is 0.188. The molecule has 4 aromatic rings. The molecule has 0 radical (unpaired) electrons. The minimum Gasteiger partial charge on any atom is -0.478 e. The molecule has 6 heteroatoms. The smallest absolute Gasteiger partial charge is 0.336 e. The summed E-state index contributed by atoms with van der Waals surface area (Å²) in [4.78, 5) is 27.0. The summed E-state index contributed by atoms with van der Waals surface area (Å²) < 4.78 is 1.01. The van der Waals surface area contributed by atoms with Crippen LogP contribution in [0.15, 0.2) is 95.5 Å². The molecule has 0 saturated carbocycles. The zero-order chi connectivity index (χ0) is 26.6. The lowest BCUT2D eigenvalue weighted by Gasteiger charge is -2.32. The van der Waals surface area contributed by atoms with Gasteiger partial charge in [0.2, 0.25) is 0 Å². The highest BCUT2D eigenvalue weighted by molar-refractivity contribution is 9.10. The average molecular weight is 569 g/mol. The minimum absolute atomic E-state index is 0.0717. The van der Waals surface area contributed by atoms with Gasteiger partial charge in [-0.15, -0.1) is 0 Å². The molecule has 192 valence electrons. The van der Waals surface area contributed by atoms with Gasteiger partial charge in [-0.2, -0.15) is 0 Å². The number of nitrogens with zero attached hydrogens (tertiary/aromatic N) is 1. The molecule has 0 saturated heterocycles. The molecule has 2 N–H and O–H groups in total. The Balaban J connectivity index is 1.29. The molecule has 0 unspecified atom stereocenters. The lowest BCUT2D eigenvalue weighted by molar-refractivity contribution is 0.0697. The van der Waals surface area contributed by atoms with Crippen LogP contribution >= 0.6 is 15.9 Å². The van der Waals surface area contributed by atoms with Gasteiger partial charge in [-0.1, -0.05) is 70.5 Å². The van der Waals surface area contributed by atoms with E-state index in [-0.39, 0.29) is 11.9 Å². The highest BCUT2D eigenvalue weighted by Crippen LogP contribution is 2.31. The third kappa shape index (κ3) is 5.65. The summed E-state index contributed by atoms with van der Waals surface area (Å²) in [6, 6.07) is 29.1. The monoisotopic (exact) mass is 568 g/mol. The zero-order valence-electron chi connectivity index (χ0n) is 21.2. The number of carboxylic acids is 1. The van der Waals surface area contributed by atoms with Crippen LogP contribution < -0.4 is 10.2 Å². The van der Waals surface area contributed by atoms with Crippen LogP contribution in [-0.4, -0.2) is 23.5 Å². The van der Waals surface area contributed by atoms with Crippen molar-refractivity contribution in [2.75, 3.05) is 11.4 Å². The van der Waals surface area contributed by atoms with Crippen LogP contribution in [0.2, 0.25) is 0 Å². The first-order valence-electron chi connectivity index (χ1n) is 12.7. The van der Waals surface area contributed by atoms with E-state index < -0.39 is 5.97 Å². The molecule has 5 rings (SSSR count). The summed E-state index contributed by atoms with van der Waals surface area (Å²) in [5, 5.41) is 12.6. The van der Waals surface area contributed by atoms with Gasteiger partial charge in [0.05, 0.1) is 11.6 Å². The summed E-state index contributed by atoms with van der Waals surface area (Å²) in [7, 11) is 0. The first kappa shape index (κ1) is 25.7. The van der Waals surface area contributed by atoms with E-state index in [4.69, 9.17) is 0 Å². The fourth-order valence-corrected chi connectivity index (χ4v) is 5.29. The van der Waals surface area contributed by atoms with Gasteiger partial charge in [0.15, 0.2) is 0 Å². The highest BCUT2D eigenvalue weighted by atomic mass is 79.9. The van der Waals surface area contributed by atoms with E-state index >= 15 is 0 Å². The number of aryl methyl sites for hydroxylation is 1. The average Bonchev–Trinajstić information content (AvgIpc) is 2.93. The molecule has 0 aliphatic carbocycles. The summed E-state index contributed by atoms with van der Waals surface area (Å²) in [5.74, 6) is -0.997. The summed E-state index contributed by atoms with van der Waals surface area (Å²) >= 11 is 3.45. The molecule has 0 bridgehead atoms. The first-order chi connectivity index (χ1) is 18.4. The van der Waals surface area contributed by atoms with E-state index in [1.54, 1.807) is 12.1 Å². The third-order valence-corrected chi connectivity index (χ3v) is 7.60. The number of nitrogens with one attached hydrogen (secondary N) is 1. The summed E-state index contributed by atoms with van der Waals surface area (Å²) in [6.07, 6.45) is 1.97. The number of rotatable bonds is 7. The molecule has 4 aromatic carbocycles. The van der Waals surface area contributed by atoms with Crippen molar-refractivity contribution in [3.05, 3.63) is 123 Å². The predicted octanol–water partition coefficient (Wildman–Crippen LogP) is 7.26. The molecule has 0 fully saturated rings. The van der Waals surface area contributed by atoms with Crippen molar-refractivity contribution in [2.24, 2.45) is 0 Å². The molecule has 1 aliphatic heterocycles. The van der Waals surface area contributed by atoms with Crippen LogP contribution in [-0.2, 0) is 13.0 Å². The van der Waals surface area contributed by atoms with Crippen LogP contribution in [0.1, 0.15) is 56.8 Å². The molecular formula is C32H29BrN2O3. The maximum atomic E-state index is 13.0. The molecule has 0 spiro atoms. The maximum absolute atomic E-state index is 13.0. The Morgan fingerprint density at radius 3 is 2.45 bits per heavy atom. The van der Waals surface area contributed by atoms with Gasteiger partial charge in [-0.3, -0.25) is 4.79 Å². The Hall–Kier alpha value is -3.90. The molecule has 1 amide bonds. The first-order valence-corrected chi connectivity index (χ1v) is 13.5. The molecule has 0 aromatic heterocycles. The van der Waals surface area contributed by atoms with Crippen LogP contribution in [0, 0.1) is 0 Å². The number of carbonyl (C=O) groups excluding carboxylic acids is 1. The molecule has 1 heterocycles. The van der Waals surface area contributed by atoms with Crippen LogP contribution in [0.5, 0.6) is 0 Å². The fourth-order valence-electron chi connectivity index (χ4n) is 5.03. The summed E-state index contributed by atoms with van der Waals surface area (Å²) in [5.41, 5.74) is 7.14. The largest absolute Gasteiger partial charge is 0.478 e. The molecule has 1 atom stereocenters. The van der Waals surface area contributed by atoms with Crippen molar-refractivity contribution in [3.8, 4) is 11.1 Å². The van der Waals surface area contributed by atoms with Crippen molar-refractivity contribution >= 4 is 33.5 Å². The Morgan fingerprint density at radius 1 is 0.974 bits per heavy atom. The predicted molar refractivity (Wildman–Crippen MR) is 155 cm³/mol. The van der Waals surface area contributed by atoms with Crippen LogP contribution in [0.3, 0.4) is 0 Å². The van der Waals surface area contributed by atoms with E-state index in [0.717, 1.165) is 58.3 Å². The van der Waals surface area contributed by atoms with E-state index in [1.807, 2.05) is 67.6 Å². The normalized spacial score (nSPS) is 13.5. The number of halogens is 1. The number of fused-ring (bicyclic) bond motifs is 1. The van der Waals surface area contributed by atoms with Gasteiger partial charge in [-0.25, -0.2) is 4.79 Å². The lowest BCUT2D eigenvalue weighted by Crippen LogP contribution is -2.30. The van der Waals surface area contributed by atoms with Gasteiger partial charge >= 0.3 is 5.97 Å². The highest BCUT2D eigenvalue weighted by Gasteiger charge is 2.20. The summed E-state index contributed by atoms with van der Waals surface area (Å²) in [6.45, 7) is 3.69. The van der Waals surface area contributed by atoms with Crippen LogP contribution in [0.4, 0.5) is 5.69 Å². The third-order valence-electron chi connectivity index (χ3n) is 7.07. The van der Waals surface area contributed by atoms with Gasteiger partial charge < -0.3 is 15.3 Å². The quantitative estimate of drug-likeness (QED) is 0.246. The van der Waals surface area contributed by atoms with Crippen molar-refractivity contribution in [2.45, 2.75) is 32.4 Å². The molecule has 38 heavy (non-hydrogen) atoms. The van der Waals surface area contributed by atoms with Crippen molar-refractivity contribution in [1.82, 2.24) is 5.32 Å². The van der Waals surface area contributed by atoms with Gasteiger partial charge in [0, 0.05) is 28.8 Å². The van der Waals surface area contributed by atoms with Crippen molar-refractivity contribution < 1.29 is 14.7 Å². The maximum Gasteiger partial charge on any atom is 0.336 e. The van der Waals surface area contributed by atoms with E-state index in [1.165, 1.54) is 5.56 Å². The second-order valence-corrected chi connectivity index (χ2v) is 10.6. The Bertz CT molecular complexity index is 1470. The number of benzene rings is 4. The number of carboxylic acid groups (broad SMARTS) is 1. The Labute approximate surface area is 231 Å². The topological polar surface area (TPSA) is 69.6 Å². The van der Waals surface area contributed by atoms with E-state index in [2.05, 4.69) is 44.3 Å². The number of hydrogen-bond donors (Lipinski definition) is 2. The number of hydrogen-bond acceptors (Lipinski definition) is 3. The number of carbonyl (C=O) groups is 2. The SMILES string of the molecule is C[C@H](NC(=O)c1ccc2c(c1)CCCN2Cc1ccc(-c2ccccc2C(=O)O)cc1)c1ccc(Br)cc1. The lowest BCUT2D eigenvalue weighted by atomic mass is 9.97. The van der Waals surface area contributed by atoms with E-state index in [9.17, 15) is 14.7 Å². The number of amides is 1. The Kier molecular flexibility index (Phi) is 7.61.